The fourth-order valence-corrected chi connectivity index (χ4v) is 3.68. The predicted molar refractivity (Wildman–Crippen MR) is 105 cm³/mol. The molecule has 0 spiro atoms. The van der Waals surface area contributed by atoms with E-state index < -0.39 is 0 Å². The summed E-state index contributed by atoms with van der Waals surface area (Å²) in [5.41, 5.74) is 3.51. The largest absolute Gasteiger partial charge is 0.349 e. The van der Waals surface area contributed by atoms with Gasteiger partial charge in [-0.3, -0.25) is 9.69 Å². The van der Waals surface area contributed by atoms with Crippen LogP contribution in [0.5, 0.6) is 0 Å². The van der Waals surface area contributed by atoms with Crippen LogP contribution in [0.15, 0.2) is 53.4 Å². The van der Waals surface area contributed by atoms with Crippen LogP contribution in [-0.2, 0) is 6.54 Å². The van der Waals surface area contributed by atoms with Gasteiger partial charge in [-0.25, -0.2) is 0 Å². The van der Waals surface area contributed by atoms with Crippen LogP contribution in [-0.4, -0.2) is 36.2 Å². The fourth-order valence-electron chi connectivity index (χ4n) is 3.27. The van der Waals surface area contributed by atoms with Crippen molar-refractivity contribution in [1.82, 2.24) is 10.2 Å². The average Bonchev–Trinajstić information content (AvgIpc) is 2.65. The van der Waals surface area contributed by atoms with Crippen molar-refractivity contribution in [3.8, 4) is 0 Å². The topological polar surface area (TPSA) is 32.3 Å². The van der Waals surface area contributed by atoms with Crippen LogP contribution in [0.2, 0.25) is 0 Å². The number of nitrogens with one attached hydrogen (secondary N) is 1. The van der Waals surface area contributed by atoms with Gasteiger partial charge in [0.25, 0.3) is 5.91 Å². The highest BCUT2D eigenvalue weighted by Crippen LogP contribution is 2.18. The Morgan fingerprint density at radius 1 is 1.12 bits per heavy atom. The Labute approximate surface area is 154 Å². The molecule has 132 valence electrons. The minimum Gasteiger partial charge on any atom is -0.349 e. The molecule has 3 nitrogen and oxygen atoms in total. The van der Waals surface area contributed by atoms with E-state index in [1.54, 1.807) is 11.8 Å². The summed E-state index contributed by atoms with van der Waals surface area (Å²) in [5.74, 6) is 0.0463. The lowest BCUT2D eigenvalue weighted by Crippen LogP contribution is -2.44. The summed E-state index contributed by atoms with van der Waals surface area (Å²) in [6, 6.07) is 16.7. The molecule has 1 N–H and O–H groups in total. The number of amides is 1. The summed E-state index contributed by atoms with van der Waals surface area (Å²) in [6.45, 7) is 5.24. The number of likely N-dealkylation sites (tertiary alicyclic amines) is 1. The maximum atomic E-state index is 12.4. The second-order valence-electron chi connectivity index (χ2n) is 6.68. The molecule has 2 aromatic rings. The van der Waals surface area contributed by atoms with Gasteiger partial charge in [0.05, 0.1) is 0 Å². The third-order valence-electron chi connectivity index (χ3n) is 4.93. The zero-order chi connectivity index (χ0) is 17.6. The van der Waals surface area contributed by atoms with E-state index in [4.69, 9.17) is 0 Å². The Morgan fingerprint density at radius 2 is 1.80 bits per heavy atom. The van der Waals surface area contributed by atoms with Gasteiger partial charge in [-0.15, -0.1) is 11.8 Å². The Hall–Kier alpha value is -1.78. The minimum atomic E-state index is 0.0463. The molecule has 2 aromatic carbocycles. The molecule has 0 unspecified atom stereocenters. The van der Waals surface area contributed by atoms with Crippen LogP contribution < -0.4 is 5.32 Å². The number of carbonyl (C=O) groups excluding carboxylic acids is 1. The number of rotatable bonds is 5. The summed E-state index contributed by atoms with van der Waals surface area (Å²) < 4.78 is 0. The van der Waals surface area contributed by atoms with Crippen molar-refractivity contribution in [1.29, 1.82) is 0 Å². The van der Waals surface area contributed by atoms with Gasteiger partial charge in [0.15, 0.2) is 0 Å². The van der Waals surface area contributed by atoms with E-state index >= 15 is 0 Å². The molecule has 3 rings (SSSR count). The molecule has 0 radical (unpaired) electrons. The molecule has 1 aliphatic heterocycles. The highest BCUT2D eigenvalue weighted by molar-refractivity contribution is 7.98. The van der Waals surface area contributed by atoms with Gasteiger partial charge in [0.1, 0.15) is 0 Å². The third kappa shape index (κ3) is 4.86. The quantitative estimate of drug-likeness (QED) is 0.820. The lowest BCUT2D eigenvalue weighted by atomic mass is 10.0. The molecule has 0 aliphatic carbocycles. The van der Waals surface area contributed by atoms with Gasteiger partial charge in [0.2, 0.25) is 0 Å². The second kappa shape index (κ2) is 8.54. The third-order valence-corrected chi connectivity index (χ3v) is 5.67. The molecule has 1 heterocycles. The van der Waals surface area contributed by atoms with Crippen molar-refractivity contribution in [2.75, 3.05) is 19.3 Å². The number of aryl methyl sites for hydroxylation is 1. The van der Waals surface area contributed by atoms with Crippen LogP contribution in [0, 0.1) is 6.92 Å². The molecule has 1 aliphatic rings. The Balaban J connectivity index is 1.48. The van der Waals surface area contributed by atoms with Gasteiger partial charge < -0.3 is 5.32 Å². The van der Waals surface area contributed by atoms with Crippen LogP contribution in [0.25, 0.3) is 0 Å². The molecule has 25 heavy (non-hydrogen) atoms. The van der Waals surface area contributed by atoms with Crippen LogP contribution in [0.1, 0.15) is 34.3 Å². The zero-order valence-electron chi connectivity index (χ0n) is 15.0. The van der Waals surface area contributed by atoms with Crippen molar-refractivity contribution < 1.29 is 4.79 Å². The number of hydrogen-bond donors (Lipinski definition) is 1. The summed E-state index contributed by atoms with van der Waals surface area (Å²) >= 11 is 1.69. The van der Waals surface area contributed by atoms with E-state index in [-0.39, 0.29) is 11.9 Å². The van der Waals surface area contributed by atoms with Crippen molar-refractivity contribution in [2.24, 2.45) is 0 Å². The molecule has 0 bridgehead atoms. The van der Waals surface area contributed by atoms with Crippen molar-refractivity contribution in [2.45, 2.75) is 37.2 Å². The van der Waals surface area contributed by atoms with Crippen LogP contribution in [0.4, 0.5) is 0 Å². The molecule has 1 saturated heterocycles. The molecule has 0 atom stereocenters. The van der Waals surface area contributed by atoms with Crippen LogP contribution >= 0.6 is 11.8 Å². The molecule has 0 aromatic heterocycles. The summed E-state index contributed by atoms with van der Waals surface area (Å²) in [6.07, 6.45) is 4.07. The van der Waals surface area contributed by atoms with E-state index in [0.29, 0.717) is 0 Å². The summed E-state index contributed by atoms with van der Waals surface area (Å²) in [4.78, 5) is 16.1. The maximum Gasteiger partial charge on any atom is 0.251 e. The van der Waals surface area contributed by atoms with E-state index in [2.05, 4.69) is 41.4 Å². The SMILES string of the molecule is CSc1ccc(C(=O)NC2CCN(Cc3ccccc3C)CC2)cc1. The number of benzene rings is 2. The summed E-state index contributed by atoms with van der Waals surface area (Å²) in [5, 5.41) is 3.20. The number of thioether (sulfide) groups is 1. The molecule has 1 fully saturated rings. The van der Waals surface area contributed by atoms with E-state index in [0.717, 1.165) is 38.0 Å². The highest BCUT2D eigenvalue weighted by Gasteiger charge is 2.21. The van der Waals surface area contributed by atoms with Gasteiger partial charge in [-0.05, 0) is 61.4 Å². The number of hydrogen-bond acceptors (Lipinski definition) is 3. The standard InChI is InChI=1S/C21H26N2OS/c1-16-5-3-4-6-18(16)15-23-13-11-19(12-14-23)22-21(24)17-7-9-20(25-2)10-8-17/h3-10,19H,11-15H2,1-2H3,(H,22,24). The van der Waals surface area contributed by atoms with E-state index in [1.165, 1.54) is 16.0 Å². The Bertz CT molecular complexity index is 706. The average molecular weight is 355 g/mol. The van der Waals surface area contributed by atoms with Crippen LogP contribution in [0.3, 0.4) is 0 Å². The number of nitrogens with zero attached hydrogens (tertiary/aromatic N) is 1. The lowest BCUT2D eigenvalue weighted by molar-refractivity contribution is 0.0909. The van der Waals surface area contributed by atoms with E-state index in [1.807, 2.05) is 30.5 Å². The second-order valence-corrected chi connectivity index (χ2v) is 7.56. The van der Waals surface area contributed by atoms with Gasteiger partial charge in [-0.1, -0.05) is 24.3 Å². The molecule has 1 amide bonds. The minimum absolute atomic E-state index is 0.0463. The monoisotopic (exact) mass is 354 g/mol. The summed E-state index contributed by atoms with van der Waals surface area (Å²) in [7, 11) is 0. The first-order valence-corrected chi connectivity index (χ1v) is 10.1. The Kier molecular flexibility index (Phi) is 6.16. The van der Waals surface area contributed by atoms with Crippen molar-refractivity contribution in [3.63, 3.8) is 0 Å². The molecular weight excluding hydrogens is 328 g/mol. The van der Waals surface area contributed by atoms with Gasteiger partial charge in [-0.2, -0.15) is 0 Å². The zero-order valence-corrected chi connectivity index (χ0v) is 15.8. The normalized spacial score (nSPS) is 15.9. The Morgan fingerprint density at radius 3 is 2.44 bits per heavy atom. The maximum absolute atomic E-state index is 12.4. The highest BCUT2D eigenvalue weighted by atomic mass is 32.2. The number of carbonyl (C=O) groups is 1. The fraction of sp³-hybridized carbons (Fsp3) is 0.381. The number of piperidine rings is 1. The predicted octanol–water partition coefficient (Wildman–Crippen LogP) is 4.11. The first kappa shape index (κ1) is 18.0. The lowest BCUT2D eigenvalue weighted by Gasteiger charge is -2.32. The molecule has 4 heteroatoms. The van der Waals surface area contributed by atoms with Crippen molar-refractivity contribution in [3.05, 3.63) is 65.2 Å². The smallest absolute Gasteiger partial charge is 0.251 e. The van der Waals surface area contributed by atoms with Gasteiger partial charge >= 0.3 is 0 Å². The van der Waals surface area contributed by atoms with Crippen molar-refractivity contribution >= 4 is 17.7 Å². The first-order valence-electron chi connectivity index (χ1n) is 8.87. The first-order chi connectivity index (χ1) is 12.2. The van der Waals surface area contributed by atoms with Gasteiger partial charge in [0, 0.05) is 36.1 Å². The van der Waals surface area contributed by atoms with E-state index in [9.17, 15) is 4.79 Å². The molecular formula is C21H26N2OS. The molecule has 0 saturated carbocycles.